The SMILES string of the molecule is Cc1cc(C)c2c(OCC(=O)NNC(=O)c3ccc(COc4ccccc4)o3)nn(C)c2n1. The lowest BCUT2D eigenvalue weighted by atomic mass is 10.2. The van der Waals surface area contributed by atoms with Gasteiger partial charge in [0.15, 0.2) is 18.0 Å². The Morgan fingerprint density at radius 1 is 1.06 bits per heavy atom. The van der Waals surface area contributed by atoms with Gasteiger partial charge in [-0.15, -0.1) is 5.10 Å². The highest BCUT2D eigenvalue weighted by molar-refractivity contribution is 5.93. The largest absolute Gasteiger partial charge is 0.486 e. The van der Waals surface area contributed by atoms with Crippen molar-refractivity contribution >= 4 is 22.8 Å². The van der Waals surface area contributed by atoms with Gasteiger partial charge in [-0.3, -0.25) is 20.4 Å². The maximum Gasteiger partial charge on any atom is 0.305 e. The summed E-state index contributed by atoms with van der Waals surface area (Å²) in [6, 6.07) is 14.3. The maximum atomic E-state index is 12.2. The molecule has 0 aliphatic heterocycles. The summed E-state index contributed by atoms with van der Waals surface area (Å²) in [5.41, 5.74) is 7.06. The van der Waals surface area contributed by atoms with Crippen molar-refractivity contribution in [2.75, 3.05) is 6.61 Å². The van der Waals surface area contributed by atoms with Crippen LogP contribution in [-0.4, -0.2) is 33.2 Å². The maximum absolute atomic E-state index is 12.2. The topological polar surface area (TPSA) is 121 Å². The summed E-state index contributed by atoms with van der Waals surface area (Å²) in [5.74, 6) is 0.338. The summed E-state index contributed by atoms with van der Waals surface area (Å²) in [6.45, 7) is 3.65. The van der Waals surface area contributed by atoms with Gasteiger partial charge in [0.2, 0.25) is 5.88 Å². The van der Waals surface area contributed by atoms with Gasteiger partial charge in [-0.25, -0.2) is 9.67 Å². The van der Waals surface area contributed by atoms with Crippen molar-refractivity contribution in [2.45, 2.75) is 20.5 Å². The predicted octanol–water partition coefficient (Wildman–Crippen LogP) is 2.60. The Balaban J connectivity index is 1.28. The molecule has 10 nitrogen and oxygen atoms in total. The molecule has 0 saturated carbocycles. The highest BCUT2D eigenvalue weighted by Gasteiger charge is 2.17. The van der Waals surface area contributed by atoms with Crippen LogP contribution in [0, 0.1) is 13.8 Å². The van der Waals surface area contributed by atoms with Crippen molar-refractivity contribution in [3.63, 3.8) is 0 Å². The van der Waals surface area contributed by atoms with Crippen LogP contribution < -0.4 is 20.3 Å². The van der Waals surface area contributed by atoms with Crippen LogP contribution >= 0.6 is 0 Å². The molecule has 2 amide bonds. The molecule has 3 aromatic heterocycles. The normalized spacial score (nSPS) is 10.8. The standard InChI is InChI=1S/C23H23N5O5/c1-14-11-15(2)24-21-20(14)23(27-28(21)3)32-13-19(29)25-26-22(30)18-10-9-17(33-18)12-31-16-7-5-4-6-8-16/h4-11H,12-13H2,1-3H3,(H,25,29)(H,26,30). The van der Waals surface area contributed by atoms with Crippen LogP contribution in [0.2, 0.25) is 0 Å². The smallest absolute Gasteiger partial charge is 0.305 e. The number of carbonyl (C=O) groups excluding carboxylic acids is 2. The molecule has 2 N–H and O–H groups in total. The van der Waals surface area contributed by atoms with E-state index in [2.05, 4.69) is 20.9 Å². The number of benzene rings is 1. The van der Waals surface area contributed by atoms with E-state index in [4.69, 9.17) is 13.9 Å². The third-order valence-corrected chi connectivity index (χ3v) is 4.75. The van der Waals surface area contributed by atoms with E-state index in [1.54, 1.807) is 17.8 Å². The molecule has 0 saturated heterocycles. The number of hydrogen-bond donors (Lipinski definition) is 2. The molecule has 10 heteroatoms. The van der Waals surface area contributed by atoms with Gasteiger partial charge < -0.3 is 13.9 Å². The molecule has 0 radical (unpaired) electrons. The van der Waals surface area contributed by atoms with Gasteiger partial charge in [0.1, 0.15) is 18.1 Å². The highest BCUT2D eigenvalue weighted by atomic mass is 16.5. The highest BCUT2D eigenvalue weighted by Crippen LogP contribution is 2.26. The molecule has 0 unspecified atom stereocenters. The summed E-state index contributed by atoms with van der Waals surface area (Å²) in [4.78, 5) is 28.8. The quantitative estimate of drug-likeness (QED) is 0.416. The fourth-order valence-electron chi connectivity index (χ4n) is 3.26. The van der Waals surface area contributed by atoms with Crippen LogP contribution in [-0.2, 0) is 18.4 Å². The van der Waals surface area contributed by atoms with Crippen LogP contribution in [0.15, 0.2) is 52.9 Å². The summed E-state index contributed by atoms with van der Waals surface area (Å²) >= 11 is 0. The molecule has 0 atom stereocenters. The number of ether oxygens (including phenoxy) is 2. The second-order valence-electron chi connectivity index (χ2n) is 7.37. The first-order valence-electron chi connectivity index (χ1n) is 10.2. The van der Waals surface area contributed by atoms with Crippen LogP contribution in [0.3, 0.4) is 0 Å². The number of rotatable bonds is 7. The number of fused-ring (bicyclic) bond motifs is 1. The number of hydrazine groups is 1. The van der Waals surface area contributed by atoms with Gasteiger partial charge >= 0.3 is 5.91 Å². The van der Waals surface area contributed by atoms with Crippen molar-refractivity contribution < 1.29 is 23.5 Å². The van der Waals surface area contributed by atoms with E-state index in [-0.39, 0.29) is 19.0 Å². The van der Waals surface area contributed by atoms with Crippen molar-refractivity contribution in [1.29, 1.82) is 0 Å². The first kappa shape index (κ1) is 21.9. The molecule has 4 aromatic rings. The van der Waals surface area contributed by atoms with Crippen molar-refractivity contribution in [2.24, 2.45) is 7.05 Å². The first-order valence-corrected chi connectivity index (χ1v) is 10.2. The number of aryl methyl sites for hydroxylation is 3. The monoisotopic (exact) mass is 449 g/mol. The van der Waals surface area contributed by atoms with E-state index < -0.39 is 11.8 Å². The number of aromatic nitrogens is 3. The van der Waals surface area contributed by atoms with Gasteiger partial charge in [0, 0.05) is 12.7 Å². The molecule has 33 heavy (non-hydrogen) atoms. The fourth-order valence-corrected chi connectivity index (χ4v) is 3.26. The Hall–Kier alpha value is -4.34. The number of pyridine rings is 1. The molecule has 0 bridgehead atoms. The van der Waals surface area contributed by atoms with E-state index >= 15 is 0 Å². The van der Waals surface area contributed by atoms with Crippen LogP contribution in [0.1, 0.15) is 27.6 Å². The Bertz CT molecular complexity index is 1300. The van der Waals surface area contributed by atoms with Gasteiger partial charge in [-0.2, -0.15) is 0 Å². The summed E-state index contributed by atoms with van der Waals surface area (Å²) in [5, 5.41) is 5.02. The average Bonchev–Trinajstić information content (AvgIpc) is 3.40. The summed E-state index contributed by atoms with van der Waals surface area (Å²) < 4.78 is 18.2. The van der Waals surface area contributed by atoms with Crippen LogP contribution in [0.25, 0.3) is 11.0 Å². The zero-order valence-corrected chi connectivity index (χ0v) is 18.4. The average molecular weight is 449 g/mol. The molecule has 0 spiro atoms. The van der Waals surface area contributed by atoms with Crippen molar-refractivity contribution in [3.8, 4) is 11.6 Å². The molecule has 3 heterocycles. The van der Waals surface area contributed by atoms with E-state index in [0.29, 0.717) is 23.0 Å². The van der Waals surface area contributed by atoms with Crippen molar-refractivity contribution in [3.05, 3.63) is 71.3 Å². The van der Waals surface area contributed by atoms with Crippen molar-refractivity contribution in [1.82, 2.24) is 25.6 Å². The lowest BCUT2D eigenvalue weighted by Crippen LogP contribution is -2.43. The minimum atomic E-state index is -0.604. The fraction of sp³-hybridized carbons (Fsp3) is 0.217. The number of para-hydroxylation sites is 1. The van der Waals surface area contributed by atoms with Crippen LogP contribution in [0.4, 0.5) is 0 Å². The summed E-state index contributed by atoms with van der Waals surface area (Å²) in [6.07, 6.45) is 0. The lowest BCUT2D eigenvalue weighted by Gasteiger charge is -2.07. The second-order valence-corrected chi connectivity index (χ2v) is 7.37. The molecular formula is C23H23N5O5. The van der Waals surface area contributed by atoms with E-state index in [9.17, 15) is 9.59 Å². The minimum Gasteiger partial charge on any atom is -0.486 e. The molecule has 170 valence electrons. The molecule has 1 aromatic carbocycles. The zero-order valence-electron chi connectivity index (χ0n) is 18.4. The Kier molecular flexibility index (Phi) is 6.25. The number of amides is 2. The second kappa shape index (κ2) is 9.43. The third kappa shape index (κ3) is 5.12. The zero-order chi connectivity index (χ0) is 23.4. The van der Waals surface area contributed by atoms with E-state index in [1.807, 2.05) is 50.2 Å². The predicted molar refractivity (Wildman–Crippen MR) is 119 cm³/mol. The Morgan fingerprint density at radius 2 is 1.85 bits per heavy atom. The number of carbonyl (C=O) groups is 2. The minimum absolute atomic E-state index is 0.0377. The number of nitrogens with one attached hydrogen (secondary N) is 2. The Labute approximate surface area is 189 Å². The third-order valence-electron chi connectivity index (χ3n) is 4.75. The number of furan rings is 1. The molecular weight excluding hydrogens is 426 g/mol. The van der Waals surface area contributed by atoms with E-state index in [0.717, 1.165) is 16.6 Å². The van der Waals surface area contributed by atoms with Gasteiger partial charge in [0.05, 0.1) is 5.39 Å². The molecule has 4 rings (SSSR count). The molecule has 0 fully saturated rings. The summed E-state index contributed by atoms with van der Waals surface area (Å²) in [7, 11) is 1.75. The molecule has 0 aliphatic carbocycles. The number of hydrogen-bond acceptors (Lipinski definition) is 7. The lowest BCUT2D eigenvalue weighted by molar-refractivity contribution is -0.123. The van der Waals surface area contributed by atoms with Gasteiger partial charge in [-0.1, -0.05) is 18.2 Å². The molecule has 0 aliphatic rings. The first-order chi connectivity index (χ1) is 15.9. The van der Waals surface area contributed by atoms with Gasteiger partial charge in [-0.05, 0) is 49.7 Å². The Morgan fingerprint density at radius 3 is 2.64 bits per heavy atom. The van der Waals surface area contributed by atoms with Crippen LogP contribution in [0.5, 0.6) is 11.6 Å². The number of nitrogens with zero attached hydrogens (tertiary/aromatic N) is 3. The van der Waals surface area contributed by atoms with Gasteiger partial charge in [0.25, 0.3) is 5.91 Å². The van der Waals surface area contributed by atoms with E-state index in [1.165, 1.54) is 6.07 Å².